The molecule has 0 bridgehead atoms. The van der Waals surface area contributed by atoms with Crippen LogP contribution in [0.3, 0.4) is 0 Å². The van der Waals surface area contributed by atoms with Crippen LogP contribution >= 0.6 is 0 Å². The molecule has 0 saturated carbocycles. The molecule has 0 spiro atoms. The van der Waals surface area contributed by atoms with E-state index in [1.165, 1.54) is 40.5 Å². The number of likely N-dealkylation sites (N-methyl/N-ethyl adjacent to an activating group) is 1. The molecule has 0 saturated heterocycles. The van der Waals surface area contributed by atoms with Crippen LogP contribution in [0.15, 0.2) is 71.6 Å². The summed E-state index contributed by atoms with van der Waals surface area (Å²) < 4.78 is 47.5. The standard InChI is InChI=1S/C29H33FN4O6S/c1-19-7-13-23(14-8-19)41(38,39)33(3)18-26-20(2)17-34(15-16-35)28(36)24-5-4-6-25(27(24)40-26)32-29(37)31-22-11-9-21(30)10-12-22/h4-14,20,26,35H,15-18H2,1-3H3,(H2,31,32,37)/t20-,26+/m1/s1. The van der Waals surface area contributed by atoms with Crippen molar-refractivity contribution < 1.29 is 32.2 Å². The number of sulfonamides is 1. The predicted octanol–water partition coefficient (Wildman–Crippen LogP) is 3.93. The predicted molar refractivity (Wildman–Crippen MR) is 153 cm³/mol. The Morgan fingerprint density at radius 2 is 1.78 bits per heavy atom. The van der Waals surface area contributed by atoms with Gasteiger partial charge in [-0.1, -0.05) is 30.7 Å². The minimum absolute atomic E-state index is 0.0475. The molecule has 0 fully saturated rings. The molecule has 1 aliphatic rings. The number of hydrogen-bond donors (Lipinski definition) is 3. The zero-order valence-electron chi connectivity index (χ0n) is 23.0. The molecule has 12 heteroatoms. The van der Waals surface area contributed by atoms with Crippen molar-refractivity contribution in [2.45, 2.75) is 24.8 Å². The number of aliphatic hydroxyl groups excluding tert-OH is 1. The van der Waals surface area contributed by atoms with Crippen molar-refractivity contribution in [3.05, 3.63) is 83.7 Å². The number of hydrogen-bond acceptors (Lipinski definition) is 6. The average Bonchev–Trinajstić information content (AvgIpc) is 2.93. The maximum Gasteiger partial charge on any atom is 0.323 e. The Labute approximate surface area is 238 Å². The topological polar surface area (TPSA) is 128 Å². The smallest absolute Gasteiger partial charge is 0.323 e. The summed E-state index contributed by atoms with van der Waals surface area (Å²) >= 11 is 0. The van der Waals surface area contributed by atoms with Crippen LogP contribution in [0.25, 0.3) is 0 Å². The first-order valence-electron chi connectivity index (χ1n) is 13.1. The Morgan fingerprint density at radius 1 is 1.10 bits per heavy atom. The van der Waals surface area contributed by atoms with E-state index in [9.17, 15) is 27.5 Å². The Morgan fingerprint density at radius 3 is 2.44 bits per heavy atom. The van der Waals surface area contributed by atoms with E-state index >= 15 is 0 Å². The Balaban J connectivity index is 1.65. The number of anilines is 2. The number of nitrogens with one attached hydrogen (secondary N) is 2. The lowest BCUT2D eigenvalue weighted by atomic mass is 10.0. The van der Waals surface area contributed by atoms with E-state index in [1.807, 2.05) is 13.8 Å². The number of carbonyl (C=O) groups is 2. The van der Waals surface area contributed by atoms with E-state index in [0.29, 0.717) is 5.69 Å². The largest absolute Gasteiger partial charge is 0.486 e. The van der Waals surface area contributed by atoms with E-state index in [1.54, 1.807) is 42.5 Å². The zero-order chi connectivity index (χ0) is 29.7. The second-order valence-corrected chi connectivity index (χ2v) is 12.0. The average molecular weight is 585 g/mol. The van der Waals surface area contributed by atoms with Crippen LogP contribution in [0, 0.1) is 18.7 Å². The van der Waals surface area contributed by atoms with Crippen LogP contribution in [0.1, 0.15) is 22.8 Å². The fourth-order valence-corrected chi connectivity index (χ4v) is 5.69. The molecule has 0 aliphatic carbocycles. The quantitative estimate of drug-likeness (QED) is 0.368. The minimum Gasteiger partial charge on any atom is -0.486 e. The van der Waals surface area contributed by atoms with E-state index < -0.39 is 33.9 Å². The van der Waals surface area contributed by atoms with Gasteiger partial charge in [0.1, 0.15) is 11.9 Å². The van der Waals surface area contributed by atoms with Gasteiger partial charge in [0, 0.05) is 31.7 Å². The second kappa shape index (κ2) is 12.7. The summed E-state index contributed by atoms with van der Waals surface area (Å²) in [6, 6.07) is 15.8. The Bertz CT molecular complexity index is 1500. The number of para-hydroxylation sites is 1. The molecule has 3 aromatic rings. The monoisotopic (exact) mass is 584 g/mol. The summed E-state index contributed by atoms with van der Waals surface area (Å²) in [6.45, 7) is 3.66. The zero-order valence-corrected chi connectivity index (χ0v) is 23.8. The van der Waals surface area contributed by atoms with E-state index in [4.69, 9.17) is 4.74 Å². The molecule has 41 heavy (non-hydrogen) atoms. The number of benzene rings is 3. The van der Waals surface area contributed by atoms with Crippen molar-refractivity contribution >= 4 is 33.3 Å². The normalized spacial score (nSPS) is 17.3. The summed E-state index contributed by atoms with van der Waals surface area (Å²) in [5.74, 6) is -1.13. The van der Waals surface area contributed by atoms with Gasteiger partial charge in [0.25, 0.3) is 5.91 Å². The summed E-state index contributed by atoms with van der Waals surface area (Å²) in [6.07, 6.45) is -0.726. The molecule has 2 atom stereocenters. The van der Waals surface area contributed by atoms with Gasteiger partial charge in [-0.15, -0.1) is 0 Å². The molecule has 1 heterocycles. The summed E-state index contributed by atoms with van der Waals surface area (Å²) in [4.78, 5) is 27.9. The van der Waals surface area contributed by atoms with Crippen LogP contribution in [-0.2, 0) is 10.0 Å². The highest BCUT2D eigenvalue weighted by Crippen LogP contribution is 2.35. The molecular weight excluding hydrogens is 551 g/mol. The third-order valence-electron chi connectivity index (χ3n) is 6.83. The number of amides is 3. The highest BCUT2D eigenvalue weighted by atomic mass is 32.2. The molecule has 218 valence electrons. The number of β-amino-alcohol motifs (C(OH)–C–C–N with tert-alkyl or cyclic N) is 1. The van der Waals surface area contributed by atoms with Gasteiger partial charge in [0.05, 0.1) is 29.3 Å². The number of fused-ring (bicyclic) bond motifs is 1. The minimum atomic E-state index is -3.85. The molecule has 1 aliphatic heterocycles. The van der Waals surface area contributed by atoms with Crippen LogP contribution < -0.4 is 15.4 Å². The van der Waals surface area contributed by atoms with E-state index in [0.717, 1.165) is 5.56 Å². The molecule has 0 radical (unpaired) electrons. The van der Waals surface area contributed by atoms with Gasteiger partial charge >= 0.3 is 6.03 Å². The van der Waals surface area contributed by atoms with Crippen LogP contribution in [0.2, 0.25) is 0 Å². The second-order valence-electron chi connectivity index (χ2n) is 9.98. The van der Waals surface area contributed by atoms with Crippen molar-refractivity contribution in [2.75, 3.05) is 43.9 Å². The molecule has 0 unspecified atom stereocenters. The van der Waals surface area contributed by atoms with Gasteiger partial charge in [-0.3, -0.25) is 4.79 Å². The van der Waals surface area contributed by atoms with Gasteiger partial charge in [-0.2, -0.15) is 4.31 Å². The highest BCUT2D eigenvalue weighted by Gasteiger charge is 2.34. The van der Waals surface area contributed by atoms with Crippen LogP contribution in [0.4, 0.5) is 20.6 Å². The summed E-state index contributed by atoms with van der Waals surface area (Å²) in [7, 11) is -2.39. The molecule has 0 aromatic heterocycles. The third kappa shape index (κ3) is 7.02. The number of rotatable bonds is 8. The maximum absolute atomic E-state index is 13.5. The number of aliphatic hydroxyl groups is 1. The van der Waals surface area contributed by atoms with Crippen LogP contribution in [-0.4, -0.2) is 74.1 Å². The third-order valence-corrected chi connectivity index (χ3v) is 8.67. The lowest BCUT2D eigenvalue weighted by Crippen LogP contribution is -2.48. The highest BCUT2D eigenvalue weighted by molar-refractivity contribution is 7.89. The molecule has 3 amide bonds. The molecular formula is C29H33FN4O6S. The Kier molecular flexibility index (Phi) is 9.26. The first-order valence-corrected chi connectivity index (χ1v) is 14.5. The summed E-state index contributed by atoms with van der Waals surface area (Å²) in [5.41, 5.74) is 1.61. The first kappa shape index (κ1) is 30.0. The molecule has 10 nitrogen and oxygen atoms in total. The SMILES string of the molecule is Cc1ccc(S(=O)(=O)N(C)C[C@@H]2Oc3c(NC(=O)Nc4ccc(F)cc4)cccc3C(=O)N(CCO)C[C@H]2C)cc1. The fourth-order valence-electron chi connectivity index (χ4n) is 4.51. The van der Waals surface area contributed by atoms with Gasteiger partial charge in [0.15, 0.2) is 5.75 Å². The fraction of sp³-hybridized carbons (Fsp3) is 0.310. The number of nitrogens with zero attached hydrogens (tertiary/aromatic N) is 2. The number of urea groups is 1. The number of ether oxygens (including phenoxy) is 1. The lowest BCUT2D eigenvalue weighted by Gasteiger charge is -2.36. The lowest BCUT2D eigenvalue weighted by molar-refractivity contribution is 0.0512. The molecule has 3 N–H and O–H groups in total. The van der Waals surface area contributed by atoms with Crippen molar-refractivity contribution in [1.29, 1.82) is 0 Å². The first-order chi connectivity index (χ1) is 19.5. The van der Waals surface area contributed by atoms with E-state index in [2.05, 4.69) is 10.6 Å². The molecule has 4 rings (SSSR count). The van der Waals surface area contributed by atoms with Crippen LogP contribution in [0.5, 0.6) is 5.75 Å². The molecule has 3 aromatic carbocycles. The Hall–Kier alpha value is -4.00. The van der Waals surface area contributed by atoms with Crippen molar-refractivity contribution in [1.82, 2.24) is 9.21 Å². The van der Waals surface area contributed by atoms with Crippen molar-refractivity contribution in [3.63, 3.8) is 0 Å². The van der Waals surface area contributed by atoms with Gasteiger partial charge < -0.3 is 25.4 Å². The van der Waals surface area contributed by atoms with Crippen molar-refractivity contribution in [3.8, 4) is 5.75 Å². The number of halogens is 1. The number of carbonyl (C=O) groups excluding carboxylic acids is 2. The van der Waals surface area contributed by atoms with Gasteiger partial charge in [-0.25, -0.2) is 17.6 Å². The van der Waals surface area contributed by atoms with Gasteiger partial charge in [-0.05, 0) is 55.5 Å². The van der Waals surface area contributed by atoms with Gasteiger partial charge in [0.2, 0.25) is 10.0 Å². The van der Waals surface area contributed by atoms with E-state index in [-0.39, 0.29) is 54.1 Å². The van der Waals surface area contributed by atoms with Crippen molar-refractivity contribution in [2.24, 2.45) is 5.92 Å². The summed E-state index contributed by atoms with van der Waals surface area (Å²) in [5, 5.41) is 14.9. The number of aryl methyl sites for hydroxylation is 1. The maximum atomic E-state index is 13.5.